The highest BCUT2D eigenvalue weighted by atomic mass is 79.9. The summed E-state index contributed by atoms with van der Waals surface area (Å²) in [6.45, 7) is 0.462. The topological polar surface area (TPSA) is 53.1 Å². The van der Waals surface area contributed by atoms with Crippen LogP contribution in [0.4, 0.5) is 5.82 Å². The summed E-state index contributed by atoms with van der Waals surface area (Å²) in [5.74, 6) is 0.609. The van der Waals surface area contributed by atoms with Crippen LogP contribution in [0.3, 0.4) is 0 Å². The van der Waals surface area contributed by atoms with Gasteiger partial charge in [0.05, 0.1) is 12.3 Å². The molecule has 1 aromatic carbocycles. The van der Waals surface area contributed by atoms with Gasteiger partial charge in [-0.25, -0.2) is 0 Å². The molecule has 0 saturated heterocycles. The average molecular weight is 331 g/mol. The molecule has 2 rings (SSSR count). The van der Waals surface area contributed by atoms with Crippen LogP contribution in [0.1, 0.15) is 5.56 Å². The van der Waals surface area contributed by atoms with Crippen molar-refractivity contribution in [3.05, 3.63) is 33.3 Å². The molecule has 0 fully saturated rings. The third kappa shape index (κ3) is 2.53. The summed E-state index contributed by atoms with van der Waals surface area (Å²) < 4.78 is 7.63. The number of nitrogens with zero attached hydrogens (tertiary/aromatic N) is 2. The Balaban J connectivity index is 2.47. The highest BCUT2D eigenvalue weighted by molar-refractivity contribution is 9.10. The number of hydrogen-bond acceptors (Lipinski definition) is 3. The van der Waals surface area contributed by atoms with Crippen molar-refractivity contribution < 1.29 is 4.74 Å². The zero-order chi connectivity index (χ0) is 13.3. The molecule has 0 radical (unpaired) electrons. The maximum absolute atomic E-state index is 6.23. The van der Waals surface area contributed by atoms with E-state index in [2.05, 4.69) is 21.0 Å². The van der Waals surface area contributed by atoms with Crippen LogP contribution in [-0.4, -0.2) is 16.9 Å². The van der Waals surface area contributed by atoms with Crippen LogP contribution in [0.15, 0.2) is 22.7 Å². The number of aryl methyl sites for hydroxylation is 1. The Morgan fingerprint density at radius 1 is 1.44 bits per heavy atom. The zero-order valence-electron chi connectivity index (χ0n) is 10.1. The predicted octanol–water partition coefficient (Wildman–Crippen LogP) is 3.23. The largest absolute Gasteiger partial charge is 0.384 e. The summed E-state index contributed by atoms with van der Waals surface area (Å²) >= 11 is 9.73. The van der Waals surface area contributed by atoms with Gasteiger partial charge in [0, 0.05) is 40.8 Å². The van der Waals surface area contributed by atoms with Crippen molar-refractivity contribution in [2.75, 3.05) is 12.8 Å². The zero-order valence-corrected chi connectivity index (χ0v) is 12.4. The third-order valence-electron chi connectivity index (χ3n) is 2.64. The molecule has 1 heterocycles. The number of nitrogen functional groups attached to an aromatic ring is 1. The Kier molecular flexibility index (Phi) is 3.94. The fourth-order valence-electron chi connectivity index (χ4n) is 1.66. The molecule has 1 aromatic heterocycles. The van der Waals surface area contributed by atoms with Crippen molar-refractivity contribution >= 4 is 33.3 Å². The Morgan fingerprint density at radius 2 is 2.17 bits per heavy atom. The average Bonchev–Trinajstić information content (AvgIpc) is 2.64. The van der Waals surface area contributed by atoms with Crippen molar-refractivity contribution in [1.29, 1.82) is 0 Å². The molecule has 0 spiro atoms. The second-order valence-electron chi connectivity index (χ2n) is 3.93. The molecule has 2 N–H and O–H groups in total. The Bertz CT molecular complexity index is 540. The first-order valence-corrected chi connectivity index (χ1v) is 6.46. The van der Waals surface area contributed by atoms with E-state index in [1.165, 1.54) is 0 Å². The number of benzene rings is 1. The van der Waals surface area contributed by atoms with Crippen LogP contribution in [-0.2, 0) is 18.4 Å². The fraction of sp³-hybridized carbons (Fsp3) is 0.250. The maximum Gasteiger partial charge on any atom is 0.121 e. The molecule has 0 aliphatic carbocycles. The van der Waals surface area contributed by atoms with Crippen LogP contribution in [0.5, 0.6) is 0 Å². The highest BCUT2D eigenvalue weighted by Gasteiger charge is 2.11. The van der Waals surface area contributed by atoms with E-state index in [0.29, 0.717) is 17.4 Å². The highest BCUT2D eigenvalue weighted by Crippen LogP contribution is 2.32. The van der Waals surface area contributed by atoms with Gasteiger partial charge < -0.3 is 10.5 Å². The maximum atomic E-state index is 6.23. The Morgan fingerprint density at radius 3 is 2.67 bits per heavy atom. The minimum Gasteiger partial charge on any atom is -0.384 e. The number of hydrogen-bond donors (Lipinski definition) is 1. The number of aromatic nitrogens is 2. The summed E-state index contributed by atoms with van der Waals surface area (Å²) in [5.41, 5.74) is 8.40. The minimum absolute atomic E-state index is 0.462. The fourth-order valence-corrected chi connectivity index (χ4v) is 2.62. The number of halogens is 2. The van der Waals surface area contributed by atoms with Crippen molar-refractivity contribution in [2.24, 2.45) is 7.05 Å². The summed E-state index contributed by atoms with van der Waals surface area (Å²) in [6, 6.07) is 5.64. The summed E-state index contributed by atoms with van der Waals surface area (Å²) in [4.78, 5) is 0. The molecule has 0 bridgehead atoms. The smallest absolute Gasteiger partial charge is 0.121 e. The number of methoxy groups -OCH3 is 1. The van der Waals surface area contributed by atoms with Crippen LogP contribution in [0.25, 0.3) is 11.3 Å². The molecule has 0 atom stereocenters. The van der Waals surface area contributed by atoms with Gasteiger partial charge in [0.1, 0.15) is 5.82 Å². The van der Waals surface area contributed by atoms with E-state index in [0.717, 1.165) is 21.3 Å². The van der Waals surface area contributed by atoms with Crippen LogP contribution < -0.4 is 5.73 Å². The molecule has 0 aliphatic rings. The van der Waals surface area contributed by atoms with E-state index in [1.807, 2.05) is 18.2 Å². The molecular formula is C12H13BrClN3O. The standard InChI is InChI=1S/C12H13BrClN3O/c1-17-12(15)5-11(16-17)7-3-9(13)8(6-18-2)10(14)4-7/h3-5H,6,15H2,1-2H3. The normalized spacial score (nSPS) is 10.9. The molecular weight excluding hydrogens is 318 g/mol. The first kappa shape index (κ1) is 13.4. The lowest BCUT2D eigenvalue weighted by molar-refractivity contribution is 0.184. The quantitative estimate of drug-likeness (QED) is 0.940. The predicted molar refractivity (Wildman–Crippen MR) is 76.5 cm³/mol. The Hall–Kier alpha value is -1.04. The van der Waals surface area contributed by atoms with Gasteiger partial charge >= 0.3 is 0 Å². The molecule has 0 aliphatic heterocycles. The van der Waals surface area contributed by atoms with Gasteiger partial charge in [-0.05, 0) is 12.1 Å². The van der Waals surface area contributed by atoms with E-state index < -0.39 is 0 Å². The molecule has 2 aromatic rings. The third-order valence-corrected chi connectivity index (χ3v) is 3.69. The molecule has 18 heavy (non-hydrogen) atoms. The monoisotopic (exact) mass is 329 g/mol. The second-order valence-corrected chi connectivity index (χ2v) is 5.19. The van der Waals surface area contributed by atoms with Gasteiger partial charge in [-0.3, -0.25) is 4.68 Å². The first-order chi connectivity index (χ1) is 8.52. The number of anilines is 1. The van der Waals surface area contributed by atoms with Crippen molar-refractivity contribution in [3.8, 4) is 11.3 Å². The molecule has 4 nitrogen and oxygen atoms in total. The van der Waals surface area contributed by atoms with Crippen molar-refractivity contribution in [3.63, 3.8) is 0 Å². The van der Waals surface area contributed by atoms with E-state index in [9.17, 15) is 0 Å². The molecule has 0 saturated carbocycles. The number of rotatable bonds is 3. The van der Waals surface area contributed by atoms with Crippen molar-refractivity contribution in [2.45, 2.75) is 6.61 Å². The van der Waals surface area contributed by atoms with Crippen LogP contribution in [0, 0.1) is 0 Å². The summed E-state index contributed by atoms with van der Waals surface area (Å²) in [7, 11) is 3.44. The van der Waals surface area contributed by atoms with Crippen molar-refractivity contribution in [1.82, 2.24) is 9.78 Å². The van der Waals surface area contributed by atoms with E-state index in [4.69, 9.17) is 22.1 Å². The first-order valence-electron chi connectivity index (χ1n) is 5.29. The van der Waals surface area contributed by atoms with Crippen LogP contribution in [0.2, 0.25) is 5.02 Å². The lowest BCUT2D eigenvalue weighted by Crippen LogP contribution is -1.96. The van der Waals surface area contributed by atoms with Gasteiger partial charge in [0.15, 0.2) is 0 Å². The lowest BCUT2D eigenvalue weighted by atomic mass is 10.1. The van der Waals surface area contributed by atoms with Gasteiger partial charge in [-0.15, -0.1) is 0 Å². The van der Waals surface area contributed by atoms with Gasteiger partial charge in [0.25, 0.3) is 0 Å². The van der Waals surface area contributed by atoms with Crippen LogP contribution >= 0.6 is 27.5 Å². The Labute approximate surface area is 119 Å². The molecule has 96 valence electrons. The van der Waals surface area contributed by atoms with E-state index in [-0.39, 0.29) is 0 Å². The van der Waals surface area contributed by atoms with E-state index >= 15 is 0 Å². The second kappa shape index (κ2) is 5.30. The molecule has 0 amide bonds. The van der Waals surface area contributed by atoms with Gasteiger partial charge in [0.2, 0.25) is 0 Å². The lowest BCUT2D eigenvalue weighted by Gasteiger charge is -2.08. The van der Waals surface area contributed by atoms with Gasteiger partial charge in [-0.2, -0.15) is 5.10 Å². The molecule has 0 unspecified atom stereocenters. The summed E-state index contributed by atoms with van der Waals surface area (Å²) in [6.07, 6.45) is 0. The number of nitrogens with two attached hydrogens (primary N) is 1. The van der Waals surface area contributed by atoms with Gasteiger partial charge in [-0.1, -0.05) is 27.5 Å². The number of ether oxygens (including phenoxy) is 1. The minimum atomic E-state index is 0.462. The molecule has 6 heteroatoms. The summed E-state index contributed by atoms with van der Waals surface area (Å²) in [5, 5.41) is 4.96. The van der Waals surface area contributed by atoms with E-state index in [1.54, 1.807) is 18.8 Å². The SMILES string of the molecule is COCc1c(Cl)cc(-c2cc(N)n(C)n2)cc1Br.